The summed E-state index contributed by atoms with van der Waals surface area (Å²) < 4.78 is 13.4. The van der Waals surface area contributed by atoms with E-state index in [1.165, 1.54) is 0 Å². The number of imidazole rings is 1. The van der Waals surface area contributed by atoms with Crippen molar-refractivity contribution in [1.82, 2.24) is 14.5 Å². The van der Waals surface area contributed by atoms with Crippen molar-refractivity contribution in [3.63, 3.8) is 0 Å². The zero-order valence-corrected chi connectivity index (χ0v) is 20.4. The molecular weight excluding hydrogens is 466 g/mol. The van der Waals surface area contributed by atoms with Crippen LogP contribution in [-0.4, -0.2) is 51.3 Å². The molecule has 2 heterocycles. The van der Waals surface area contributed by atoms with Gasteiger partial charge in [-0.2, -0.15) is 12.6 Å². The van der Waals surface area contributed by atoms with E-state index in [4.69, 9.17) is 14.6 Å². The number of nitrogens with zero attached hydrogens (tertiary/aromatic N) is 3. The number of hydrogen-bond acceptors (Lipinski definition) is 6. The van der Waals surface area contributed by atoms with Crippen LogP contribution in [0, 0.1) is 5.92 Å². The van der Waals surface area contributed by atoms with Gasteiger partial charge in [-0.25, -0.2) is 9.78 Å². The summed E-state index contributed by atoms with van der Waals surface area (Å²) in [5, 5.41) is 8.69. The molecule has 1 aliphatic rings. The Hall–Kier alpha value is -3.46. The summed E-state index contributed by atoms with van der Waals surface area (Å²) in [5.74, 6) is 1.55. The fraction of sp³-hybridized carbons (Fsp3) is 0.346. The number of carboxylic acid groups (broad SMARTS) is 1. The maximum absolute atomic E-state index is 12.6. The Kier molecular flexibility index (Phi) is 7.97. The minimum absolute atomic E-state index is 0.000239. The minimum Gasteiger partial charge on any atom is -0.493 e. The van der Waals surface area contributed by atoms with Crippen LogP contribution in [0.1, 0.15) is 35.0 Å². The molecule has 184 valence electrons. The number of aliphatic carboxylic acids is 1. The highest BCUT2D eigenvalue weighted by Gasteiger charge is 2.25. The second-order valence-corrected chi connectivity index (χ2v) is 9.21. The van der Waals surface area contributed by atoms with Crippen LogP contribution in [-0.2, 0) is 18.3 Å². The number of amides is 1. The van der Waals surface area contributed by atoms with Gasteiger partial charge in [-0.3, -0.25) is 4.79 Å². The second-order valence-electron chi connectivity index (χ2n) is 8.69. The lowest BCUT2D eigenvalue weighted by atomic mass is 9.98. The smallest absolute Gasteiger partial charge is 0.415 e. The van der Waals surface area contributed by atoms with Crippen molar-refractivity contribution in [2.24, 2.45) is 13.0 Å². The number of carboxylic acids is 1. The van der Waals surface area contributed by atoms with Crippen LogP contribution < -0.4 is 9.47 Å². The third kappa shape index (κ3) is 6.57. The Morgan fingerprint density at radius 1 is 1.09 bits per heavy atom. The van der Waals surface area contributed by atoms with Crippen molar-refractivity contribution >= 4 is 24.7 Å². The van der Waals surface area contributed by atoms with Gasteiger partial charge >= 0.3 is 12.1 Å². The Balaban J connectivity index is 1.21. The highest BCUT2D eigenvalue weighted by atomic mass is 32.1. The van der Waals surface area contributed by atoms with Crippen LogP contribution in [0.4, 0.5) is 4.79 Å². The summed E-state index contributed by atoms with van der Waals surface area (Å²) in [6.45, 7) is 1.78. The lowest BCUT2D eigenvalue weighted by Crippen LogP contribution is -2.41. The van der Waals surface area contributed by atoms with Crippen LogP contribution in [0.2, 0.25) is 0 Å². The molecule has 0 aliphatic carbocycles. The summed E-state index contributed by atoms with van der Waals surface area (Å²) in [6.07, 6.45) is 4.93. The van der Waals surface area contributed by atoms with E-state index < -0.39 is 5.97 Å². The minimum atomic E-state index is -0.854. The third-order valence-corrected chi connectivity index (χ3v) is 6.67. The predicted octanol–water partition coefficient (Wildman–Crippen LogP) is 4.36. The topological polar surface area (TPSA) is 93.9 Å². The molecule has 1 N–H and O–H groups in total. The first kappa shape index (κ1) is 24.7. The van der Waals surface area contributed by atoms with Gasteiger partial charge in [-0.15, -0.1) is 0 Å². The van der Waals surface area contributed by atoms with Crippen molar-refractivity contribution < 1.29 is 24.2 Å². The van der Waals surface area contributed by atoms with E-state index in [0.717, 1.165) is 35.5 Å². The number of rotatable bonds is 8. The van der Waals surface area contributed by atoms with E-state index in [9.17, 15) is 9.59 Å². The Labute approximate surface area is 209 Å². The number of thiol groups is 1. The maximum atomic E-state index is 12.6. The van der Waals surface area contributed by atoms with Crippen LogP contribution in [0.5, 0.6) is 11.5 Å². The number of ether oxygens (including phenoxy) is 2. The van der Waals surface area contributed by atoms with Gasteiger partial charge in [0.25, 0.3) is 0 Å². The van der Waals surface area contributed by atoms with E-state index in [1.54, 1.807) is 47.5 Å². The number of likely N-dealkylation sites (tertiary alicyclic amines) is 1. The average Bonchev–Trinajstić information content (AvgIpc) is 3.29. The van der Waals surface area contributed by atoms with Crippen molar-refractivity contribution in [2.45, 2.75) is 24.5 Å². The summed E-state index contributed by atoms with van der Waals surface area (Å²) in [7, 11) is 1.93. The molecule has 1 saturated heterocycles. The van der Waals surface area contributed by atoms with E-state index >= 15 is 0 Å². The first-order chi connectivity index (χ1) is 16.9. The van der Waals surface area contributed by atoms with Gasteiger partial charge in [0, 0.05) is 32.5 Å². The monoisotopic (exact) mass is 495 g/mol. The van der Waals surface area contributed by atoms with Gasteiger partial charge in [0.15, 0.2) is 0 Å². The SMILES string of the molecule is Cn1ccnc1C(S)c1ccc(OC(=O)N2CCC(COc3ccc(CC(=O)O)cc3)CC2)cc1. The van der Waals surface area contributed by atoms with E-state index in [0.29, 0.717) is 31.4 Å². The first-order valence-corrected chi connectivity index (χ1v) is 12.1. The average molecular weight is 496 g/mol. The molecule has 9 heteroatoms. The normalized spacial score (nSPS) is 15.0. The molecule has 0 saturated carbocycles. The summed E-state index contributed by atoms with van der Waals surface area (Å²) in [4.78, 5) is 29.5. The highest BCUT2D eigenvalue weighted by molar-refractivity contribution is 7.80. The van der Waals surface area contributed by atoms with Gasteiger partial charge in [0.05, 0.1) is 18.3 Å². The van der Waals surface area contributed by atoms with Crippen LogP contribution in [0.15, 0.2) is 60.9 Å². The molecule has 4 rings (SSSR count). The fourth-order valence-electron chi connectivity index (χ4n) is 4.05. The Morgan fingerprint density at radius 3 is 2.34 bits per heavy atom. The number of carbonyl (C=O) groups excluding carboxylic acids is 1. The van der Waals surface area contributed by atoms with Gasteiger partial charge in [-0.05, 0) is 54.2 Å². The van der Waals surface area contributed by atoms with Crippen molar-refractivity contribution in [3.8, 4) is 11.5 Å². The van der Waals surface area contributed by atoms with Crippen LogP contribution >= 0.6 is 12.6 Å². The third-order valence-electron chi connectivity index (χ3n) is 6.14. The molecule has 0 bridgehead atoms. The van der Waals surface area contributed by atoms with Gasteiger partial charge in [-0.1, -0.05) is 24.3 Å². The molecule has 8 nitrogen and oxygen atoms in total. The molecule has 3 aromatic rings. The van der Waals surface area contributed by atoms with Gasteiger partial charge in [0.2, 0.25) is 0 Å². The number of piperidine rings is 1. The fourth-order valence-corrected chi connectivity index (χ4v) is 4.47. The molecule has 1 fully saturated rings. The molecule has 0 spiro atoms. The van der Waals surface area contributed by atoms with Crippen molar-refractivity contribution in [3.05, 3.63) is 77.9 Å². The number of carbonyl (C=O) groups is 2. The van der Waals surface area contributed by atoms with E-state index in [-0.39, 0.29) is 17.8 Å². The quantitative estimate of drug-likeness (QED) is 0.451. The summed E-state index contributed by atoms with van der Waals surface area (Å²) in [5.41, 5.74) is 1.71. The largest absolute Gasteiger partial charge is 0.493 e. The predicted molar refractivity (Wildman–Crippen MR) is 134 cm³/mol. The van der Waals surface area contributed by atoms with Crippen molar-refractivity contribution in [1.29, 1.82) is 0 Å². The molecule has 1 atom stereocenters. The lowest BCUT2D eigenvalue weighted by Gasteiger charge is -2.31. The number of aromatic nitrogens is 2. The standard InChI is InChI=1S/C26H29N3O5S/c1-28-15-12-27-25(28)24(35)20-4-8-22(9-5-20)34-26(32)29-13-10-19(11-14-29)17-33-21-6-2-18(3-7-21)16-23(30)31/h2-9,12,15,19,24,35H,10-11,13-14,16-17H2,1H3,(H,30,31). The molecular formula is C26H29N3O5S. The van der Waals surface area contributed by atoms with Gasteiger partial charge in [0.1, 0.15) is 17.3 Å². The molecule has 35 heavy (non-hydrogen) atoms. The Morgan fingerprint density at radius 2 is 1.74 bits per heavy atom. The molecule has 0 radical (unpaired) electrons. The number of benzene rings is 2. The molecule has 1 amide bonds. The van der Waals surface area contributed by atoms with Crippen LogP contribution in [0.3, 0.4) is 0 Å². The van der Waals surface area contributed by atoms with Gasteiger partial charge < -0.3 is 24.0 Å². The Bertz CT molecular complexity index is 1140. The van der Waals surface area contributed by atoms with E-state index in [2.05, 4.69) is 17.6 Å². The lowest BCUT2D eigenvalue weighted by molar-refractivity contribution is -0.136. The second kappa shape index (κ2) is 11.3. The first-order valence-electron chi connectivity index (χ1n) is 11.5. The zero-order chi connectivity index (χ0) is 24.8. The van der Waals surface area contributed by atoms with Crippen molar-refractivity contribution in [2.75, 3.05) is 19.7 Å². The zero-order valence-electron chi connectivity index (χ0n) is 19.5. The molecule has 1 aromatic heterocycles. The molecule has 2 aromatic carbocycles. The summed E-state index contributed by atoms with van der Waals surface area (Å²) >= 11 is 4.67. The maximum Gasteiger partial charge on any atom is 0.415 e. The molecule has 1 unspecified atom stereocenters. The molecule has 1 aliphatic heterocycles. The van der Waals surface area contributed by atoms with Crippen LogP contribution in [0.25, 0.3) is 0 Å². The highest BCUT2D eigenvalue weighted by Crippen LogP contribution is 2.28. The summed E-state index contributed by atoms with van der Waals surface area (Å²) in [6, 6.07) is 14.5. The number of hydrogen-bond donors (Lipinski definition) is 2. The number of aryl methyl sites for hydroxylation is 1. The van der Waals surface area contributed by atoms with E-state index in [1.807, 2.05) is 29.9 Å².